The third kappa shape index (κ3) is 8.93. The summed E-state index contributed by atoms with van der Waals surface area (Å²) in [5, 5.41) is 29.8. The van der Waals surface area contributed by atoms with E-state index in [9.17, 15) is 29.7 Å². The zero-order valence-corrected chi connectivity index (χ0v) is 20.6. The highest BCUT2D eigenvalue weighted by Gasteiger charge is 2.55. The maximum Gasteiger partial charge on any atom is 0.362 e. The van der Waals surface area contributed by atoms with Crippen LogP contribution in [0.1, 0.15) is 105 Å². The molecule has 0 aliphatic rings. The lowest BCUT2D eigenvalue weighted by Crippen LogP contribution is -2.72. The molecule has 0 spiro atoms. The van der Waals surface area contributed by atoms with Crippen LogP contribution in [-0.4, -0.2) is 62.4 Å². The molecule has 186 valence electrons. The lowest BCUT2D eigenvalue weighted by molar-refractivity contribution is -0.973. The third-order valence-electron chi connectivity index (χ3n) is 6.54. The first-order valence-corrected chi connectivity index (χ1v) is 12.4. The predicted octanol–water partition coefficient (Wildman–Crippen LogP) is 5.48. The minimum absolute atomic E-state index is 0.189. The number of allylic oxidation sites excluding steroid dienone is 2. The molecule has 32 heavy (non-hydrogen) atoms. The van der Waals surface area contributed by atoms with Gasteiger partial charge in [0.05, 0.1) is 6.54 Å². The molecule has 0 aromatic carbocycles. The second-order valence-corrected chi connectivity index (χ2v) is 8.68. The van der Waals surface area contributed by atoms with Crippen molar-refractivity contribution in [2.75, 3.05) is 6.54 Å². The standard InChI is InChI=1S/C25H45NO6/c1-5-9-10-11-12-13-14-15-16-17-18-19-26(20(6-2)23(27)28,21(7-3)24(29)30)22(8-4)25(31)32/h10-11,20-22H,5-9,12-19H2,1-4H3,(H2-,27,28,29,30,31,32)/p+1/b11-10+. The lowest BCUT2D eigenvalue weighted by atomic mass is 9.93. The largest absolute Gasteiger partial charge is 0.477 e. The number of rotatable bonds is 20. The smallest absolute Gasteiger partial charge is 0.362 e. The summed E-state index contributed by atoms with van der Waals surface area (Å²) in [6.07, 6.45) is 14.2. The van der Waals surface area contributed by atoms with Gasteiger partial charge in [0.15, 0.2) is 18.1 Å². The van der Waals surface area contributed by atoms with Gasteiger partial charge in [0.25, 0.3) is 0 Å². The SMILES string of the molecule is CCC/C=C/CCCCCCCC[N+](C(CC)C(=O)O)(C(CC)C(=O)O)C(CC)C(=O)O. The van der Waals surface area contributed by atoms with Gasteiger partial charge in [-0.1, -0.05) is 65.5 Å². The Labute approximate surface area is 194 Å². The summed E-state index contributed by atoms with van der Waals surface area (Å²) in [5.41, 5.74) is 0. The van der Waals surface area contributed by atoms with Crippen LogP contribution in [0.2, 0.25) is 0 Å². The quantitative estimate of drug-likeness (QED) is 0.127. The Hall–Kier alpha value is -1.89. The van der Waals surface area contributed by atoms with Crippen molar-refractivity contribution >= 4 is 17.9 Å². The van der Waals surface area contributed by atoms with Gasteiger partial charge < -0.3 is 15.3 Å². The molecule has 0 aliphatic heterocycles. The average Bonchev–Trinajstić information content (AvgIpc) is 2.72. The fraction of sp³-hybridized carbons (Fsp3) is 0.800. The molecule has 0 aliphatic carbocycles. The molecule has 0 bridgehead atoms. The van der Waals surface area contributed by atoms with Crippen LogP contribution in [0.4, 0.5) is 0 Å². The number of nitrogens with zero attached hydrogens (tertiary/aromatic N) is 1. The molecule has 3 N–H and O–H groups in total. The van der Waals surface area contributed by atoms with E-state index >= 15 is 0 Å². The minimum atomic E-state index is -1.12. The maximum atomic E-state index is 12.2. The molecule has 7 heteroatoms. The number of hydrogen-bond acceptors (Lipinski definition) is 3. The van der Waals surface area contributed by atoms with Crippen LogP contribution in [0.25, 0.3) is 0 Å². The number of hydrogen-bond donors (Lipinski definition) is 3. The highest BCUT2D eigenvalue weighted by atomic mass is 16.4. The molecule has 0 heterocycles. The first kappa shape index (κ1) is 30.1. The Kier molecular flexibility index (Phi) is 15.7. The van der Waals surface area contributed by atoms with E-state index < -0.39 is 40.5 Å². The van der Waals surface area contributed by atoms with Gasteiger partial charge in [-0.05, 0) is 32.1 Å². The van der Waals surface area contributed by atoms with E-state index in [4.69, 9.17) is 0 Å². The van der Waals surface area contributed by atoms with Gasteiger partial charge in [-0.2, -0.15) is 0 Å². The fourth-order valence-corrected chi connectivity index (χ4v) is 5.04. The number of quaternary nitrogens is 1. The van der Waals surface area contributed by atoms with E-state index in [1.807, 2.05) is 0 Å². The Bertz CT molecular complexity index is 534. The first-order chi connectivity index (χ1) is 15.2. The summed E-state index contributed by atoms with van der Waals surface area (Å²) in [6.45, 7) is 7.51. The van der Waals surface area contributed by atoms with Gasteiger partial charge in [0, 0.05) is 19.3 Å². The Morgan fingerprint density at radius 2 is 1.00 bits per heavy atom. The molecule has 0 saturated heterocycles. The van der Waals surface area contributed by atoms with Crippen molar-refractivity contribution in [3.05, 3.63) is 12.2 Å². The van der Waals surface area contributed by atoms with E-state index in [1.165, 1.54) is 6.42 Å². The second kappa shape index (κ2) is 16.7. The highest BCUT2D eigenvalue weighted by Crippen LogP contribution is 2.32. The van der Waals surface area contributed by atoms with Crippen molar-refractivity contribution in [1.29, 1.82) is 0 Å². The minimum Gasteiger partial charge on any atom is -0.477 e. The predicted molar refractivity (Wildman–Crippen MR) is 127 cm³/mol. The van der Waals surface area contributed by atoms with Gasteiger partial charge in [-0.15, -0.1) is 0 Å². The molecule has 0 amide bonds. The van der Waals surface area contributed by atoms with Crippen LogP contribution in [0.3, 0.4) is 0 Å². The number of carboxylic acids is 3. The molecule has 0 rings (SSSR count). The zero-order valence-electron chi connectivity index (χ0n) is 20.6. The molecule has 3 atom stereocenters. The molecule has 3 unspecified atom stereocenters. The molecule has 0 fully saturated rings. The number of aliphatic carboxylic acids is 3. The summed E-state index contributed by atoms with van der Waals surface area (Å²) >= 11 is 0. The summed E-state index contributed by atoms with van der Waals surface area (Å²) < 4.78 is -0.411. The molecular weight excluding hydrogens is 410 g/mol. The zero-order chi connectivity index (χ0) is 24.6. The van der Waals surface area contributed by atoms with Gasteiger partial charge >= 0.3 is 17.9 Å². The van der Waals surface area contributed by atoms with Crippen LogP contribution < -0.4 is 0 Å². The molecule has 7 nitrogen and oxygen atoms in total. The van der Waals surface area contributed by atoms with Crippen LogP contribution >= 0.6 is 0 Å². The first-order valence-electron chi connectivity index (χ1n) is 12.4. The molecule has 0 aromatic rings. The van der Waals surface area contributed by atoms with E-state index in [-0.39, 0.29) is 25.8 Å². The summed E-state index contributed by atoms with van der Waals surface area (Å²) in [5.74, 6) is -3.37. The van der Waals surface area contributed by atoms with E-state index in [0.717, 1.165) is 44.9 Å². The van der Waals surface area contributed by atoms with Crippen LogP contribution in [0, 0.1) is 0 Å². The van der Waals surface area contributed by atoms with Gasteiger partial charge in [-0.25, -0.2) is 14.4 Å². The van der Waals surface area contributed by atoms with Crippen molar-refractivity contribution < 1.29 is 34.2 Å². The van der Waals surface area contributed by atoms with E-state index in [0.29, 0.717) is 6.42 Å². The van der Waals surface area contributed by atoms with Crippen LogP contribution in [0.15, 0.2) is 12.2 Å². The summed E-state index contributed by atoms with van der Waals surface area (Å²) in [6, 6.07) is -3.19. The lowest BCUT2D eigenvalue weighted by Gasteiger charge is -2.49. The second-order valence-electron chi connectivity index (χ2n) is 8.68. The van der Waals surface area contributed by atoms with Crippen molar-refractivity contribution in [3.63, 3.8) is 0 Å². The Balaban J connectivity index is 5.34. The maximum absolute atomic E-state index is 12.2. The molecule has 0 radical (unpaired) electrons. The number of carboxylic acid groups (broad SMARTS) is 3. The Morgan fingerprint density at radius 1 is 0.625 bits per heavy atom. The van der Waals surface area contributed by atoms with Crippen molar-refractivity contribution in [2.45, 2.75) is 123 Å². The van der Waals surface area contributed by atoms with Crippen molar-refractivity contribution in [2.24, 2.45) is 0 Å². The summed E-state index contributed by atoms with van der Waals surface area (Å²) in [7, 11) is 0. The highest BCUT2D eigenvalue weighted by molar-refractivity contribution is 5.78. The van der Waals surface area contributed by atoms with E-state index in [1.54, 1.807) is 20.8 Å². The normalized spacial score (nSPS) is 16.4. The van der Waals surface area contributed by atoms with Gasteiger partial charge in [0.2, 0.25) is 0 Å². The summed E-state index contributed by atoms with van der Waals surface area (Å²) in [4.78, 5) is 36.5. The monoisotopic (exact) mass is 456 g/mol. The van der Waals surface area contributed by atoms with Crippen LogP contribution in [0.5, 0.6) is 0 Å². The topological polar surface area (TPSA) is 112 Å². The molecular formula is C25H46NO6+. The average molecular weight is 457 g/mol. The molecule has 0 aromatic heterocycles. The van der Waals surface area contributed by atoms with Crippen molar-refractivity contribution in [1.82, 2.24) is 0 Å². The fourth-order valence-electron chi connectivity index (χ4n) is 5.04. The number of unbranched alkanes of at least 4 members (excludes halogenated alkanes) is 7. The Morgan fingerprint density at radius 3 is 1.38 bits per heavy atom. The van der Waals surface area contributed by atoms with Crippen LogP contribution in [-0.2, 0) is 14.4 Å². The van der Waals surface area contributed by atoms with Gasteiger partial charge in [-0.3, -0.25) is 4.48 Å². The van der Waals surface area contributed by atoms with Gasteiger partial charge in [0.1, 0.15) is 0 Å². The van der Waals surface area contributed by atoms with Crippen molar-refractivity contribution in [3.8, 4) is 0 Å². The van der Waals surface area contributed by atoms with E-state index in [2.05, 4.69) is 19.1 Å². The third-order valence-corrected chi connectivity index (χ3v) is 6.54. The number of carbonyl (C=O) groups is 3. The molecule has 0 saturated carbocycles.